The van der Waals surface area contributed by atoms with Crippen LogP contribution >= 0.6 is 0 Å². The van der Waals surface area contributed by atoms with Gasteiger partial charge in [0.1, 0.15) is 23.2 Å². The summed E-state index contributed by atoms with van der Waals surface area (Å²) in [5.41, 5.74) is 0.573. The summed E-state index contributed by atoms with van der Waals surface area (Å²) < 4.78 is 15.0. The fourth-order valence-electron chi connectivity index (χ4n) is 2.46. The van der Waals surface area contributed by atoms with Gasteiger partial charge in [0.05, 0.1) is 11.8 Å². The second-order valence-electron chi connectivity index (χ2n) is 5.35. The van der Waals surface area contributed by atoms with Crippen molar-refractivity contribution in [2.75, 3.05) is 5.32 Å². The number of hydrogen-bond donors (Lipinski definition) is 2. The Labute approximate surface area is 145 Å². The molecule has 0 bridgehead atoms. The zero-order chi connectivity index (χ0) is 18.1. The monoisotopic (exact) mass is 347 g/mol. The zero-order valence-electron chi connectivity index (χ0n) is 13.1. The van der Waals surface area contributed by atoms with Crippen LogP contribution in [0.15, 0.2) is 48.8 Å². The quantitative estimate of drug-likeness (QED) is 0.548. The predicted molar refractivity (Wildman–Crippen MR) is 89.4 cm³/mol. The molecule has 0 aliphatic rings. The topological polar surface area (TPSA) is 112 Å². The Kier molecular flexibility index (Phi) is 3.63. The van der Waals surface area contributed by atoms with Gasteiger partial charge in [0.2, 0.25) is 11.6 Å². The molecule has 1 aromatic carbocycles. The second-order valence-corrected chi connectivity index (χ2v) is 5.35. The van der Waals surface area contributed by atoms with Gasteiger partial charge in [0.25, 0.3) is 0 Å². The van der Waals surface area contributed by atoms with E-state index in [2.05, 4.69) is 25.6 Å². The minimum absolute atomic E-state index is 0.0915. The van der Waals surface area contributed by atoms with Crippen molar-refractivity contribution >= 4 is 22.9 Å². The van der Waals surface area contributed by atoms with Gasteiger partial charge >= 0.3 is 0 Å². The molecule has 4 aromatic rings. The molecule has 0 saturated heterocycles. The van der Waals surface area contributed by atoms with Crippen molar-refractivity contribution in [2.45, 2.75) is 0 Å². The van der Waals surface area contributed by atoms with Crippen molar-refractivity contribution in [2.24, 2.45) is 0 Å². The Hall–Kier alpha value is -4.06. The maximum atomic E-state index is 13.5. The number of aromatic amines is 1. The average molecular weight is 347 g/mol. The first-order valence-corrected chi connectivity index (χ1v) is 7.52. The van der Waals surface area contributed by atoms with Crippen molar-refractivity contribution in [3.8, 4) is 6.07 Å². The SMILES string of the molecule is N#Cc1cc(C(=O)c2nc(Nc3ccn[nH]3)c3cccn3n2)ccc1F. The largest absolute Gasteiger partial charge is 0.323 e. The van der Waals surface area contributed by atoms with Gasteiger partial charge in [-0.2, -0.15) is 10.4 Å². The number of H-pyrrole nitrogens is 1. The van der Waals surface area contributed by atoms with E-state index < -0.39 is 11.6 Å². The summed E-state index contributed by atoms with van der Waals surface area (Å²) in [5.74, 6) is -0.303. The van der Waals surface area contributed by atoms with E-state index in [9.17, 15) is 9.18 Å². The number of halogens is 1. The van der Waals surface area contributed by atoms with E-state index in [1.54, 1.807) is 36.7 Å². The number of rotatable bonds is 4. The van der Waals surface area contributed by atoms with Crippen LogP contribution in [0.1, 0.15) is 21.7 Å². The molecule has 0 unspecified atom stereocenters. The lowest BCUT2D eigenvalue weighted by Crippen LogP contribution is -2.12. The summed E-state index contributed by atoms with van der Waals surface area (Å²) in [7, 11) is 0. The van der Waals surface area contributed by atoms with Crippen LogP contribution in [0.4, 0.5) is 16.0 Å². The molecule has 9 heteroatoms. The molecule has 0 aliphatic heterocycles. The molecule has 4 rings (SSSR count). The number of nitrogens with one attached hydrogen (secondary N) is 2. The van der Waals surface area contributed by atoms with E-state index in [-0.39, 0.29) is 17.0 Å². The van der Waals surface area contributed by atoms with Gasteiger partial charge in [-0.1, -0.05) is 0 Å². The Bertz CT molecular complexity index is 1160. The molecule has 3 heterocycles. The second kappa shape index (κ2) is 6.10. The van der Waals surface area contributed by atoms with Crippen LogP contribution in [0.25, 0.3) is 5.52 Å². The van der Waals surface area contributed by atoms with Crippen molar-refractivity contribution < 1.29 is 9.18 Å². The number of nitriles is 1. The highest BCUT2D eigenvalue weighted by Gasteiger charge is 2.18. The highest BCUT2D eigenvalue weighted by atomic mass is 19.1. The number of aromatic nitrogens is 5. The van der Waals surface area contributed by atoms with E-state index in [1.165, 1.54) is 16.6 Å². The fourth-order valence-corrected chi connectivity index (χ4v) is 2.46. The number of hydrogen-bond acceptors (Lipinski definition) is 6. The van der Waals surface area contributed by atoms with Crippen LogP contribution in [0.2, 0.25) is 0 Å². The summed E-state index contributed by atoms with van der Waals surface area (Å²) in [6, 6.07) is 10.5. The lowest BCUT2D eigenvalue weighted by molar-refractivity contribution is 0.102. The molecule has 2 N–H and O–H groups in total. The molecule has 0 spiro atoms. The first-order valence-electron chi connectivity index (χ1n) is 7.52. The van der Waals surface area contributed by atoms with Gasteiger partial charge < -0.3 is 5.32 Å². The summed E-state index contributed by atoms with van der Waals surface area (Å²) in [6.45, 7) is 0. The Morgan fingerprint density at radius 3 is 2.96 bits per heavy atom. The molecular weight excluding hydrogens is 337 g/mol. The lowest BCUT2D eigenvalue weighted by Gasteiger charge is -2.08. The Morgan fingerprint density at radius 1 is 1.31 bits per heavy atom. The maximum absolute atomic E-state index is 13.5. The Morgan fingerprint density at radius 2 is 2.19 bits per heavy atom. The summed E-state index contributed by atoms with van der Waals surface area (Å²) in [4.78, 5) is 17.0. The molecule has 0 aliphatic carbocycles. The molecule has 0 radical (unpaired) electrons. The minimum Gasteiger partial charge on any atom is -0.323 e. The normalized spacial score (nSPS) is 10.6. The molecule has 8 nitrogen and oxygen atoms in total. The van der Waals surface area contributed by atoms with Gasteiger partial charge in [0.15, 0.2) is 5.82 Å². The third-order valence-electron chi connectivity index (χ3n) is 3.70. The molecular formula is C17H10FN7O. The van der Waals surface area contributed by atoms with E-state index in [4.69, 9.17) is 5.26 Å². The van der Waals surface area contributed by atoms with Gasteiger partial charge in [-0.15, -0.1) is 5.10 Å². The molecule has 3 aromatic heterocycles. The smallest absolute Gasteiger partial charge is 0.232 e. The van der Waals surface area contributed by atoms with E-state index >= 15 is 0 Å². The van der Waals surface area contributed by atoms with Crippen LogP contribution in [-0.2, 0) is 0 Å². The number of ketones is 1. The number of carbonyl (C=O) groups excluding carboxylic acids is 1. The number of fused-ring (bicyclic) bond motifs is 1. The Balaban J connectivity index is 1.79. The van der Waals surface area contributed by atoms with Crippen LogP contribution in [0.5, 0.6) is 0 Å². The molecule has 0 atom stereocenters. The third-order valence-corrected chi connectivity index (χ3v) is 3.70. The summed E-state index contributed by atoms with van der Waals surface area (Å²) in [6.07, 6.45) is 3.25. The van der Waals surface area contributed by atoms with E-state index in [0.717, 1.165) is 6.07 Å². The predicted octanol–water partition coefficient (Wildman–Crippen LogP) is 2.44. The molecule has 0 fully saturated rings. The van der Waals surface area contributed by atoms with Crippen molar-refractivity contribution in [1.29, 1.82) is 5.26 Å². The molecule has 0 amide bonds. The average Bonchev–Trinajstić information content (AvgIpc) is 3.33. The van der Waals surface area contributed by atoms with Crippen molar-refractivity contribution in [3.63, 3.8) is 0 Å². The van der Waals surface area contributed by atoms with Crippen LogP contribution < -0.4 is 5.32 Å². The van der Waals surface area contributed by atoms with E-state index in [0.29, 0.717) is 17.2 Å². The van der Waals surface area contributed by atoms with Gasteiger partial charge in [0, 0.05) is 17.8 Å². The standard InChI is InChI=1S/C17H10FN7O/c18-12-4-3-10(8-11(12)9-19)15(26)17-22-16(21-14-5-6-20-23-14)13-2-1-7-25(13)24-17/h1-8H,(H2,20,21,22,23,24). The zero-order valence-corrected chi connectivity index (χ0v) is 13.1. The van der Waals surface area contributed by atoms with Crippen molar-refractivity contribution in [3.05, 3.63) is 71.6 Å². The highest BCUT2D eigenvalue weighted by molar-refractivity contribution is 6.07. The van der Waals surface area contributed by atoms with Gasteiger partial charge in [-0.05, 0) is 30.3 Å². The van der Waals surface area contributed by atoms with E-state index in [1.807, 2.05) is 0 Å². The maximum Gasteiger partial charge on any atom is 0.232 e. The fraction of sp³-hybridized carbons (Fsp3) is 0. The lowest BCUT2D eigenvalue weighted by atomic mass is 10.1. The number of benzene rings is 1. The molecule has 126 valence electrons. The van der Waals surface area contributed by atoms with Crippen LogP contribution in [-0.4, -0.2) is 30.6 Å². The summed E-state index contributed by atoms with van der Waals surface area (Å²) >= 11 is 0. The van der Waals surface area contributed by atoms with Crippen molar-refractivity contribution in [1.82, 2.24) is 24.8 Å². The molecule has 26 heavy (non-hydrogen) atoms. The first-order chi connectivity index (χ1) is 12.7. The summed E-state index contributed by atoms with van der Waals surface area (Å²) in [5, 5.41) is 22.8. The third kappa shape index (κ3) is 2.65. The van der Waals surface area contributed by atoms with Gasteiger partial charge in [-0.25, -0.2) is 13.9 Å². The van der Waals surface area contributed by atoms with Gasteiger partial charge in [-0.3, -0.25) is 9.89 Å². The van der Waals surface area contributed by atoms with Crippen LogP contribution in [0.3, 0.4) is 0 Å². The highest BCUT2D eigenvalue weighted by Crippen LogP contribution is 2.20. The molecule has 0 saturated carbocycles. The number of carbonyl (C=O) groups is 1. The minimum atomic E-state index is -0.688. The number of nitrogens with zero attached hydrogens (tertiary/aromatic N) is 5. The number of anilines is 2. The first kappa shape index (κ1) is 15.5. The van der Waals surface area contributed by atoms with Crippen LogP contribution in [0, 0.1) is 17.1 Å².